The molecule has 1 aromatic rings. The highest BCUT2D eigenvalue weighted by atomic mass is 19.1. The van der Waals surface area contributed by atoms with Crippen molar-refractivity contribution in [1.29, 1.82) is 0 Å². The molecule has 0 aromatic heterocycles. The van der Waals surface area contributed by atoms with Gasteiger partial charge in [-0.1, -0.05) is 20.3 Å². The molecule has 0 aliphatic carbocycles. The summed E-state index contributed by atoms with van der Waals surface area (Å²) in [6, 6.07) is 2.00. The highest BCUT2D eigenvalue weighted by molar-refractivity contribution is 5.27. The van der Waals surface area contributed by atoms with Crippen molar-refractivity contribution < 1.29 is 8.78 Å². The second-order valence-corrected chi connectivity index (χ2v) is 4.41. The Morgan fingerprint density at radius 2 is 1.88 bits per heavy atom. The lowest BCUT2D eigenvalue weighted by atomic mass is 9.91. The maximum atomic E-state index is 13.6. The standard InChI is InChI=1S/C13H19F2N/c1-4-5-8(2)13(16)10-7-11(14)9(3)6-12(10)15/h6-8,13H,4-5,16H2,1-3H3. The van der Waals surface area contributed by atoms with E-state index < -0.39 is 17.7 Å². The molecular weight excluding hydrogens is 208 g/mol. The number of rotatable bonds is 4. The minimum Gasteiger partial charge on any atom is -0.324 e. The van der Waals surface area contributed by atoms with Crippen LogP contribution < -0.4 is 5.73 Å². The van der Waals surface area contributed by atoms with Crippen LogP contribution in [0, 0.1) is 24.5 Å². The molecule has 0 amide bonds. The highest BCUT2D eigenvalue weighted by Crippen LogP contribution is 2.26. The Morgan fingerprint density at radius 3 is 2.44 bits per heavy atom. The molecule has 0 radical (unpaired) electrons. The van der Waals surface area contributed by atoms with Gasteiger partial charge in [-0.05, 0) is 37.0 Å². The van der Waals surface area contributed by atoms with Crippen LogP contribution in [0.2, 0.25) is 0 Å². The molecule has 2 atom stereocenters. The third kappa shape index (κ3) is 2.79. The molecule has 90 valence electrons. The second kappa shape index (κ2) is 5.39. The van der Waals surface area contributed by atoms with Crippen LogP contribution in [-0.4, -0.2) is 0 Å². The van der Waals surface area contributed by atoms with Crippen LogP contribution in [0.4, 0.5) is 8.78 Å². The van der Waals surface area contributed by atoms with Crippen molar-refractivity contribution in [1.82, 2.24) is 0 Å². The number of benzene rings is 1. The van der Waals surface area contributed by atoms with Gasteiger partial charge in [0.05, 0.1) is 0 Å². The molecule has 16 heavy (non-hydrogen) atoms. The molecular formula is C13H19F2N. The van der Waals surface area contributed by atoms with E-state index in [-0.39, 0.29) is 11.5 Å². The summed E-state index contributed by atoms with van der Waals surface area (Å²) < 4.78 is 27.0. The minimum atomic E-state index is -0.435. The molecule has 0 saturated heterocycles. The first-order valence-electron chi connectivity index (χ1n) is 5.68. The van der Waals surface area contributed by atoms with Gasteiger partial charge >= 0.3 is 0 Å². The molecule has 2 unspecified atom stereocenters. The van der Waals surface area contributed by atoms with E-state index in [0.717, 1.165) is 12.8 Å². The molecule has 3 heteroatoms. The van der Waals surface area contributed by atoms with Gasteiger partial charge in [0.25, 0.3) is 0 Å². The molecule has 1 nitrogen and oxygen atoms in total. The van der Waals surface area contributed by atoms with Gasteiger partial charge in [-0.3, -0.25) is 0 Å². The first-order chi connectivity index (χ1) is 7.47. The molecule has 1 aromatic carbocycles. The predicted octanol–water partition coefficient (Wildman–Crippen LogP) is 3.71. The van der Waals surface area contributed by atoms with E-state index in [0.29, 0.717) is 5.56 Å². The number of hydrogen-bond acceptors (Lipinski definition) is 1. The zero-order valence-electron chi connectivity index (χ0n) is 10.1. The van der Waals surface area contributed by atoms with Crippen molar-refractivity contribution >= 4 is 0 Å². The SMILES string of the molecule is CCCC(C)C(N)c1cc(F)c(C)cc1F. The monoisotopic (exact) mass is 227 g/mol. The topological polar surface area (TPSA) is 26.0 Å². The lowest BCUT2D eigenvalue weighted by molar-refractivity contribution is 0.417. The summed E-state index contributed by atoms with van der Waals surface area (Å²) in [6.45, 7) is 5.56. The van der Waals surface area contributed by atoms with Crippen LogP contribution >= 0.6 is 0 Å². The van der Waals surface area contributed by atoms with E-state index in [1.54, 1.807) is 6.92 Å². The fraction of sp³-hybridized carbons (Fsp3) is 0.538. The van der Waals surface area contributed by atoms with Gasteiger partial charge in [0.1, 0.15) is 11.6 Å². The summed E-state index contributed by atoms with van der Waals surface area (Å²) in [5, 5.41) is 0. The van der Waals surface area contributed by atoms with E-state index in [4.69, 9.17) is 5.73 Å². The fourth-order valence-electron chi connectivity index (χ4n) is 1.86. The second-order valence-electron chi connectivity index (χ2n) is 4.41. The first kappa shape index (κ1) is 13.1. The Balaban J connectivity index is 2.99. The lowest BCUT2D eigenvalue weighted by Gasteiger charge is -2.20. The summed E-state index contributed by atoms with van der Waals surface area (Å²) in [5.41, 5.74) is 6.54. The van der Waals surface area contributed by atoms with Crippen molar-refractivity contribution in [2.75, 3.05) is 0 Å². The Kier molecular flexibility index (Phi) is 4.42. The molecule has 0 fully saturated rings. The number of nitrogens with two attached hydrogens (primary N) is 1. The molecule has 0 aliphatic rings. The van der Waals surface area contributed by atoms with Gasteiger partial charge in [-0.25, -0.2) is 8.78 Å². The first-order valence-corrected chi connectivity index (χ1v) is 5.68. The molecule has 0 heterocycles. The van der Waals surface area contributed by atoms with Crippen molar-refractivity contribution in [3.8, 4) is 0 Å². The Bertz CT molecular complexity index is 363. The zero-order chi connectivity index (χ0) is 12.3. The average Bonchev–Trinajstić information content (AvgIpc) is 2.23. The van der Waals surface area contributed by atoms with Crippen LogP contribution in [0.15, 0.2) is 12.1 Å². The molecule has 2 N–H and O–H groups in total. The summed E-state index contributed by atoms with van der Waals surface area (Å²) in [5.74, 6) is -0.647. The number of aryl methyl sites for hydroxylation is 1. The molecule has 0 bridgehead atoms. The fourth-order valence-corrected chi connectivity index (χ4v) is 1.86. The third-order valence-electron chi connectivity index (χ3n) is 2.99. The van der Waals surface area contributed by atoms with Crippen LogP contribution in [0.3, 0.4) is 0 Å². The van der Waals surface area contributed by atoms with Gasteiger partial charge in [-0.2, -0.15) is 0 Å². The molecule has 1 rings (SSSR count). The van der Waals surface area contributed by atoms with Crippen LogP contribution in [0.5, 0.6) is 0 Å². The van der Waals surface area contributed by atoms with Crippen molar-refractivity contribution in [2.24, 2.45) is 11.7 Å². The molecule has 0 spiro atoms. The highest BCUT2D eigenvalue weighted by Gasteiger charge is 2.19. The van der Waals surface area contributed by atoms with E-state index in [1.807, 2.05) is 6.92 Å². The van der Waals surface area contributed by atoms with Crippen molar-refractivity contribution in [3.05, 3.63) is 34.9 Å². The summed E-state index contributed by atoms with van der Waals surface area (Å²) in [6.07, 6.45) is 1.90. The minimum absolute atomic E-state index is 0.154. The number of halogens is 2. The van der Waals surface area contributed by atoms with E-state index >= 15 is 0 Å². The summed E-state index contributed by atoms with van der Waals surface area (Å²) in [7, 11) is 0. The van der Waals surface area contributed by atoms with E-state index in [1.165, 1.54) is 12.1 Å². The normalized spacial score (nSPS) is 14.9. The van der Waals surface area contributed by atoms with Gasteiger partial charge in [0, 0.05) is 11.6 Å². The van der Waals surface area contributed by atoms with Gasteiger partial charge < -0.3 is 5.73 Å². The average molecular weight is 227 g/mol. The van der Waals surface area contributed by atoms with Crippen molar-refractivity contribution in [2.45, 2.75) is 39.7 Å². The largest absolute Gasteiger partial charge is 0.324 e. The Morgan fingerprint density at radius 1 is 1.25 bits per heavy atom. The van der Waals surface area contributed by atoms with E-state index in [2.05, 4.69) is 6.92 Å². The maximum Gasteiger partial charge on any atom is 0.128 e. The lowest BCUT2D eigenvalue weighted by Crippen LogP contribution is -2.20. The Hall–Kier alpha value is -0.960. The van der Waals surface area contributed by atoms with Gasteiger partial charge in [0.15, 0.2) is 0 Å². The van der Waals surface area contributed by atoms with E-state index in [9.17, 15) is 8.78 Å². The van der Waals surface area contributed by atoms with Crippen LogP contribution in [-0.2, 0) is 0 Å². The van der Waals surface area contributed by atoms with Crippen molar-refractivity contribution in [3.63, 3.8) is 0 Å². The maximum absolute atomic E-state index is 13.6. The van der Waals surface area contributed by atoms with Crippen LogP contribution in [0.1, 0.15) is 43.9 Å². The molecule has 0 saturated carbocycles. The quantitative estimate of drug-likeness (QED) is 0.833. The smallest absolute Gasteiger partial charge is 0.128 e. The number of hydrogen-bond donors (Lipinski definition) is 1. The predicted molar refractivity (Wildman–Crippen MR) is 62.1 cm³/mol. The van der Waals surface area contributed by atoms with Gasteiger partial charge in [-0.15, -0.1) is 0 Å². The Labute approximate surface area is 95.7 Å². The van der Waals surface area contributed by atoms with Crippen LogP contribution in [0.25, 0.3) is 0 Å². The molecule has 0 aliphatic heterocycles. The summed E-state index contributed by atoms with van der Waals surface area (Å²) >= 11 is 0. The van der Waals surface area contributed by atoms with Gasteiger partial charge in [0.2, 0.25) is 0 Å². The summed E-state index contributed by atoms with van der Waals surface area (Å²) in [4.78, 5) is 0. The zero-order valence-corrected chi connectivity index (χ0v) is 10.1. The third-order valence-corrected chi connectivity index (χ3v) is 2.99.